The van der Waals surface area contributed by atoms with Crippen LogP contribution in [0, 0.1) is 5.92 Å². The van der Waals surface area contributed by atoms with Gasteiger partial charge in [-0.05, 0) is 23.8 Å². The van der Waals surface area contributed by atoms with Gasteiger partial charge in [0.25, 0.3) is 5.56 Å². The first-order chi connectivity index (χ1) is 14.4. The summed E-state index contributed by atoms with van der Waals surface area (Å²) >= 11 is 6.02. The van der Waals surface area contributed by atoms with Crippen LogP contribution < -0.4 is 11.0 Å². The lowest BCUT2D eigenvalue weighted by Gasteiger charge is -2.10. The summed E-state index contributed by atoms with van der Waals surface area (Å²) in [7, 11) is 1.58. The summed E-state index contributed by atoms with van der Waals surface area (Å²) in [6.45, 7) is 3.73. The van der Waals surface area contributed by atoms with Crippen molar-refractivity contribution in [2.75, 3.05) is 12.5 Å². The Kier molecular flexibility index (Phi) is 5.23. The number of hydrogen-bond acceptors (Lipinski definition) is 6. The molecule has 3 aromatic heterocycles. The molecule has 0 spiro atoms. The zero-order chi connectivity index (χ0) is 21.4. The fourth-order valence-corrected chi connectivity index (χ4v) is 3.20. The number of carbonyl (C=O) groups is 1. The third kappa shape index (κ3) is 3.42. The van der Waals surface area contributed by atoms with Crippen molar-refractivity contribution in [2.24, 2.45) is 5.92 Å². The van der Waals surface area contributed by atoms with Crippen LogP contribution in [0.2, 0.25) is 5.02 Å². The summed E-state index contributed by atoms with van der Waals surface area (Å²) in [6.07, 6.45) is 1.48. The van der Waals surface area contributed by atoms with Crippen molar-refractivity contribution >= 4 is 34.2 Å². The van der Waals surface area contributed by atoms with Crippen LogP contribution in [0.3, 0.4) is 0 Å². The number of fused-ring (bicyclic) bond motifs is 3. The van der Waals surface area contributed by atoms with Gasteiger partial charge in [0.2, 0.25) is 5.91 Å². The molecule has 0 aliphatic heterocycles. The van der Waals surface area contributed by atoms with Gasteiger partial charge in [0.1, 0.15) is 5.52 Å². The molecular formula is C20H19ClN6O3. The molecule has 3 heterocycles. The molecule has 0 atom stereocenters. The third-order valence-electron chi connectivity index (χ3n) is 4.62. The predicted octanol–water partition coefficient (Wildman–Crippen LogP) is 2.63. The van der Waals surface area contributed by atoms with Gasteiger partial charge >= 0.3 is 0 Å². The molecule has 0 saturated carbocycles. The molecule has 154 valence electrons. The Morgan fingerprint density at radius 2 is 1.93 bits per heavy atom. The van der Waals surface area contributed by atoms with Crippen molar-refractivity contribution in [2.45, 2.75) is 20.5 Å². The van der Waals surface area contributed by atoms with E-state index in [1.165, 1.54) is 6.20 Å². The number of rotatable bonds is 5. The van der Waals surface area contributed by atoms with Gasteiger partial charge < -0.3 is 4.74 Å². The number of benzene rings is 1. The van der Waals surface area contributed by atoms with Crippen molar-refractivity contribution in [1.29, 1.82) is 0 Å². The van der Waals surface area contributed by atoms with Gasteiger partial charge in [0.15, 0.2) is 11.2 Å². The quantitative estimate of drug-likeness (QED) is 0.526. The van der Waals surface area contributed by atoms with Crippen LogP contribution in [0.25, 0.3) is 27.8 Å². The van der Waals surface area contributed by atoms with Gasteiger partial charge in [-0.2, -0.15) is 5.10 Å². The first kappa shape index (κ1) is 20.0. The standard InChI is InChI=1S/C20H19ClN6O3/c1-11(2)19(28)25-26-9-8-15-17(20(26)29)22-23-18-16(12-4-6-13(21)7-5-12)14(10-30-3)24-27(15)18/h4-9,11H,10H2,1-3H3,(H,25,28). The van der Waals surface area contributed by atoms with Gasteiger partial charge in [0.05, 0.1) is 17.9 Å². The highest BCUT2D eigenvalue weighted by atomic mass is 35.5. The summed E-state index contributed by atoms with van der Waals surface area (Å²) in [6, 6.07) is 8.95. The topological polar surface area (TPSA) is 103 Å². The molecule has 0 radical (unpaired) electrons. The fraction of sp³-hybridized carbons (Fsp3) is 0.250. The van der Waals surface area contributed by atoms with Crippen molar-refractivity contribution < 1.29 is 9.53 Å². The Hall–Kier alpha value is -3.30. The average molecular weight is 427 g/mol. The van der Waals surface area contributed by atoms with Crippen molar-refractivity contribution in [1.82, 2.24) is 24.5 Å². The molecule has 0 unspecified atom stereocenters. The minimum atomic E-state index is -0.493. The Morgan fingerprint density at radius 3 is 2.60 bits per heavy atom. The monoisotopic (exact) mass is 426 g/mol. The van der Waals surface area contributed by atoms with Crippen LogP contribution >= 0.6 is 11.6 Å². The maximum atomic E-state index is 12.8. The second-order valence-corrected chi connectivity index (χ2v) is 7.49. The molecule has 4 aromatic rings. The molecule has 0 fully saturated rings. The maximum Gasteiger partial charge on any atom is 0.299 e. The Balaban J connectivity index is 1.93. The van der Waals surface area contributed by atoms with E-state index in [9.17, 15) is 9.59 Å². The van der Waals surface area contributed by atoms with E-state index in [1.807, 2.05) is 12.1 Å². The first-order valence-corrected chi connectivity index (χ1v) is 9.64. The van der Waals surface area contributed by atoms with E-state index in [1.54, 1.807) is 43.7 Å². The largest absolute Gasteiger partial charge is 0.378 e. The van der Waals surface area contributed by atoms with Gasteiger partial charge in [-0.25, -0.2) is 9.19 Å². The van der Waals surface area contributed by atoms with Gasteiger partial charge in [-0.1, -0.05) is 37.6 Å². The molecule has 9 nitrogen and oxygen atoms in total. The lowest BCUT2D eigenvalue weighted by atomic mass is 10.1. The highest BCUT2D eigenvalue weighted by Crippen LogP contribution is 2.30. The molecule has 1 amide bonds. The normalized spacial score (nSPS) is 11.5. The smallest absolute Gasteiger partial charge is 0.299 e. The molecule has 1 N–H and O–H groups in total. The van der Waals surface area contributed by atoms with Gasteiger partial charge in [0, 0.05) is 24.2 Å². The number of pyridine rings is 1. The molecule has 30 heavy (non-hydrogen) atoms. The number of amides is 1. The molecule has 10 heteroatoms. The minimum Gasteiger partial charge on any atom is -0.378 e. The van der Waals surface area contributed by atoms with Crippen molar-refractivity contribution in [3.63, 3.8) is 0 Å². The van der Waals surface area contributed by atoms with E-state index in [4.69, 9.17) is 16.3 Å². The van der Waals surface area contributed by atoms with Crippen molar-refractivity contribution in [3.05, 3.63) is 57.6 Å². The maximum absolute atomic E-state index is 12.8. The van der Waals surface area contributed by atoms with E-state index in [2.05, 4.69) is 20.7 Å². The van der Waals surface area contributed by atoms with Gasteiger partial charge in [-0.15, -0.1) is 10.2 Å². The zero-order valence-corrected chi connectivity index (χ0v) is 17.3. The van der Waals surface area contributed by atoms with E-state index >= 15 is 0 Å². The molecule has 1 aromatic carbocycles. The molecular weight excluding hydrogens is 408 g/mol. The molecule has 0 aliphatic rings. The minimum absolute atomic E-state index is 0.0863. The van der Waals surface area contributed by atoms with Crippen LogP contribution in [0.4, 0.5) is 0 Å². The summed E-state index contributed by atoms with van der Waals surface area (Å²) in [4.78, 5) is 24.8. The molecule has 0 bridgehead atoms. The Labute approximate surface area is 176 Å². The Bertz CT molecular complexity index is 1310. The third-order valence-corrected chi connectivity index (χ3v) is 4.87. The number of methoxy groups -OCH3 is 1. The SMILES string of the molecule is COCc1nn2c(nnc3c(=O)n(NC(=O)C(C)C)ccc32)c1-c1ccc(Cl)cc1. The van der Waals surface area contributed by atoms with E-state index in [0.717, 1.165) is 15.8 Å². The lowest BCUT2D eigenvalue weighted by molar-refractivity contribution is -0.119. The summed E-state index contributed by atoms with van der Waals surface area (Å²) in [5.74, 6) is -0.553. The fourth-order valence-electron chi connectivity index (χ4n) is 3.08. The highest BCUT2D eigenvalue weighted by Gasteiger charge is 2.20. The number of nitrogens with one attached hydrogen (secondary N) is 1. The number of hydrogen-bond donors (Lipinski definition) is 1. The van der Waals surface area contributed by atoms with E-state index < -0.39 is 5.56 Å². The number of halogens is 1. The lowest BCUT2D eigenvalue weighted by Crippen LogP contribution is -2.35. The Morgan fingerprint density at radius 1 is 1.20 bits per heavy atom. The summed E-state index contributed by atoms with van der Waals surface area (Å²) in [5, 5.41) is 13.6. The van der Waals surface area contributed by atoms with Crippen molar-refractivity contribution in [3.8, 4) is 11.1 Å². The summed E-state index contributed by atoms with van der Waals surface area (Å²) in [5.41, 5.74) is 5.36. The zero-order valence-electron chi connectivity index (χ0n) is 16.6. The second kappa shape index (κ2) is 7.85. The first-order valence-electron chi connectivity index (χ1n) is 9.26. The van der Waals surface area contributed by atoms with E-state index in [0.29, 0.717) is 21.9 Å². The van der Waals surface area contributed by atoms with Crippen LogP contribution in [-0.4, -0.2) is 37.5 Å². The molecule has 4 rings (SSSR count). The molecule has 0 aliphatic carbocycles. The average Bonchev–Trinajstić information content (AvgIpc) is 3.09. The highest BCUT2D eigenvalue weighted by molar-refractivity contribution is 6.30. The number of aromatic nitrogens is 5. The summed E-state index contributed by atoms with van der Waals surface area (Å²) < 4.78 is 7.97. The number of carbonyl (C=O) groups excluding carboxylic acids is 1. The van der Waals surface area contributed by atoms with E-state index in [-0.39, 0.29) is 23.9 Å². The van der Waals surface area contributed by atoms with Crippen LogP contribution in [0.15, 0.2) is 41.3 Å². The van der Waals surface area contributed by atoms with Crippen LogP contribution in [-0.2, 0) is 16.1 Å². The number of nitrogens with zero attached hydrogens (tertiary/aromatic N) is 5. The van der Waals surface area contributed by atoms with Crippen LogP contribution in [0.1, 0.15) is 19.5 Å². The second-order valence-electron chi connectivity index (χ2n) is 7.05. The predicted molar refractivity (Wildman–Crippen MR) is 113 cm³/mol. The van der Waals surface area contributed by atoms with Gasteiger partial charge in [-0.3, -0.25) is 15.0 Å². The van der Waals surface area contributed by atoms with Crippen LogP contribution in [0.5, 0.6) is 0 Å². The molecule has 0 saturated heterocycles. The number of ether oxygens (including phenoxy) is 1.